The van der Waals surface area contributed by atoms with E-state index in [9.17, 15) is 14.4 Å². The molecule has 2 aliphatic rings. The lowest BCUT2D eigenvalue weighted by atomic mass is 10.1. The first kappa shape index (κ1) is 16.6. The molecule has 1 saturated heterocycles. The van der Waals surface area contributed by atoms with Gasteiger partial charge in [0.15, 0.2) is 0 Å². The second kappa shape index (κ2) is 6.44. The van der Waals surface area contributed by atoms with Crippen LogP contribution in [-0.2, 0) is 20.9 Å². The summed E-state index contributed by atoms with van der Waals surface area (Å²) in [5, 5.41) is 0. The first-order valence-corrected chi connectivity index (χ1v) is 8.81. The molecule has 0 N–H and O–H groups in total. The Morgan fingerprint density at radius 2 is 1.92 bits per heavy atom. The molecule has 4 rings (SSSR count). The van der Waals surface area contributed by atoms with Crippen molar-refractivity contribution in [1.29, 1.82) is 0 Å². The van der Waals surface area contributed by atoms with Gasteiger partial charge in [0.1, 0.15) is 11.8 Å². The van der Waals surface area contributed by atoms with Crippen molar-refractivity contribution >= 4 is 23.4 Å². The lowest BCUT2D eigenvalue weighted by Gasteiger charge is -2.27. The first-order chi connectivity index (χ1) is 12.5. The molecule has 1 aromatic heterocycles. The highest BCUT2D eigenvalue weighted by Crippen LogP contribution is 2.34. The van der Waals surface area contributed by atoms with Crippen molar-refractivity contribution in [3.63, 3.8) is 0 Å². The highest BCUT2D eigenvalue weighted by atomic mass is 16.3. The van der Waals surface area contributed by atoms with Crippen LogP contribution >= 0.6 is 0 Å². The summed E-state index contributed by atoms with van der Waals surface area (Å²) in [6.07, 6.45) is 3.22. The molecule has 1 atom stereocenters. The molecule has 134 valence electrons. The van der Waals surface area contributed by atoms with Gasteiger partial charge in [-0.05, 0) is 44.0 Å². The van der Waals surface area contributed by atoms with E-state index >= 15 is 0 Å². The number of benzene rings is 1. The molecule has 0 radical (unpaired) electrons. The minimum absolute atomic E-state index is 0.00583. The molecule has 6 heteroatoms. The second-order valence-corrected chi connectivity index (χ2v) is 6.94. The average molecular weight is 352 g/mol. The highest BCUT2D eigenvalue weighted by molar-refractivity contribution is 6.23. The molecule has 1 aliphatic heterocycles. The average Bonchev–Trinajstić information content (AvgIpc) is 3.27. The fraction of sp³-hybridized carbons (Fsp3) is 0.350. The molecule has 2 aromatic rings. The van der Waals surface area contributed by atoms with Crippen LogP contribution in [-0.4, -0.2) is 28.7 Å². The van der Waals surface area contributed by atoms with E-state index in [0.29, 0.717) is 11.4 Å². The van der Waals surface area contributed by atoms with E-state index in [1.54, 1.807) is 24.3 Å². The van der Waals surface area contributed by atoms with Gasteiger partial charge in [0.25, 0.3) is 5.91 Å². The Hall–Kier alpha value is -2.89. The van der Waals surface area contributed by atoms with Crippen LogP contribution in [0.1, 0.15) is 30.6 Å². The van der Waals surface area contributed by atoms with E-state index in [1.807, 2.05) is 19.1 Å². The number of rotatable bonds is 5. The van der Waals surface area contributed by atoms with Gasteiger partial charge in [-0.25, -0.2) is 4.90 Å². The minimum atomic E-state index is -0.776. The van der Waals surface area contributed by atoms with Crippen LogP contribution in [0.3, 0.4) is 0 Å². The third-order valence-electron chi connectivity index (χ3n) is 4.91. The fourth-order valence-electron chi connectivity index (χ4n) is 3.30. The Labute approximate surface area is 151 Å². The summed E-state index contributed by atoms with van der Waals surface area (Å²) in [4.78, 5) is 41.0. The molecule has 1 aromatic carbocycles. The summed E-state index contributed by atoms with van der Waals surface area (Å²) in [7, 11) is 0. The number of imide groups is 1. The lowest BCUT2D eigenvalue weighted by molar-refractivity contribution is -0.140. The van der Waals surface area contributed by atoms with Crippen LogP contribution in [0.2, 0.25) is 0 Å². The third-order valence-corrected chi connectivity index (χ3v) is 4.91. The van der Waals surface area contributed by atoms with Gasteiger partial charge in [-0.3, -0.25) is 14.4 Å². The summed E-state index contributed by atoms with van der Waals surface area (Å²) in [6.45, 7) is 2.15. The number of furan rings is 1. The summed E-state index contributed by atoms with van der Waals surface area (Å²) >= 11 is 0. The predicted molar refractivity (Wildman–Crippen MR) is 94.1 cm³/mol. The fourth-order valence-corrected chi connectivity index (χ4v) is 3.30. The molecular weight excluding hydrogens is 332 g/mol. The number of hydrogen-bond donors (Lipinski definition) is 0. The van der Waals surface area contributed by atoms with Crippen molar-refractivity contribution < 1.29 is 18.8 Å². The maximum atomic E-state index is 13.0. The predicted octanol–water partition coefficient (Wildman–Crippen LogP) is 2.66. The molecule has 1 saturated carbocycles. The van der Waals surface area contributed by atoms with Gasteiger partial charge in [0.05, 0.1) is 24.9 Å². The third kappa shape index (κ3) is 3.03. The van der Waals surface area contributed by atoms with Gasteiger partial charge < -0.3 is 9.32 Å². The quantitative estimate of drug-likeness (QED) is 0.776. The van der Waals surface area contributed by atoms with Gasteiger partial charge >= 0.3 is 0 Å². The Balaban J connectivity index is 1.61. The molecule has 1 unspecified atom stereocenters. The van der Waals surface area contributed by atoms with E-state index in [0.717, 1.165) is 18.4 Å². The van der Waals surface area contributed by atoms with Crippen LogP contribution in [0.4, 0.5) is 5.69 Å². The maximum absolute atomic E-state index is 13.0. The summed E-state index contributed by atoms with van der Waals surface area (Å²) < 4.78 is 5.36. The van der Waals surface area contributed by atoms with E-state index in [2.05, 4.69) is 0 Å². The molecule has 3 amide bonds. The number of aryl methyl sites for hydroxylation is 1. The minimum Gasteiger partial charge on any atom is -0.467 e. The first-order valence-electron chi connectivity index (χ1n) is 8.81. The molecule has 26 heavy (non-hydrogen) atoms. The van der Waals surface area contributed by atoms with Crippen LogP contribution in [0.25, 0.3) is 0 Å². The topological polar surface area (TPSA) is 70.8 Å². The van der Waals surface area contributed by atoms with Crippen molar-refractivity contribution in [2.24, 2.45) is 5.92 Å². The van der Waals surface area contributed by atoms with Crippen molar-refractivity contribution in [2.45, 2.75) is 38.8 Å². The van der Waals surface area contributed by atoms with Gasteiger partial charge in [0, 0.05) is 5.92 Å². The highest BCUT2D eigenvalue weighted by Gasteiger charge is 2.47. The summed E-state index contributed by atoms with van der Waals surface area (Å²) in [5.41, 5.74) is 1.60. The van der Waals surface area contributed by atoms with Gasteiger partial charge in [-0.15, -0.1) is 0 Å². The smallest absolute Gasteiger partial charge is 0.257 e. The number of carbonyl (C=O) groups is 3. The SMILES string of the molecule is Cc1ccc(N2C(=O)CC(N(Cc3ccco3)C(=O)C3CC3)C2=O)cc1. The second-order valence-electron chi connectivity index (χ2n) is 6.94. The van der Waals surface area contributed by atoms with Crippen molar-refractivity contribution in [3.05, 3.63) is 54.0 Å². The van der Waals surface area contributed by atoms with E-state index < -0.39 is 6.04 Å². The number of anilines is 1. The Morgan fingerprint density at radius 3 is 2.54 bits per heavy atom. The van der Waals surface area contributed by atoms with Crippen LogP contribution in [0, 0.1) is 12.8 Å². The van der Waals surface area contributed by atoms with E-state index in [-0.39, 0.29) is 36.6 Å². The number of nitrogens with zero attached hydrogens (tertiary/aromatic N) is 2. The molecular formula is C20H20N2O4. The number of amides is 3. The standard InChI is InChI=1S/C20H20N2O4/c1-13-4-8-15(9-5-13)22-18(23)11-17(20(22)25)21(19(24)14-6-7-14)12-16-3-2-10-26-16/h2-5,8-10,14,17H,6-7,11-12H2,1H3. The van der Waals surface area contributed by atoms with Gasteiger partial charge in [0.2, 0.25) is 11.8 Å². The van der Waals surface area contributed by atoms with Crippen molar-refractivity contribution in [3.8, 4) is 0 Å². The molecule has 2 fully saturated rings. The zero-order chi connectivity index (χ0) is 18.3. The molecule has 2 heterocycles. The lowest BCUT2D eigenvalue weighted by Crippen LogP contribution is -2.45. The Kier molecular flexibility index (Phi) is 4.11. The van der Waals surface area contributed by atoms with Crippen LogP contribution in [0.15, 0.2) is 47.1 Å². The summed E-state index contributed by atoms with van der Waals surface area (Å²) in [5.74, 6) is -0.135. The Morgan fingerprint density at radius 1 is 1.19 bits per heavy atom. The molecule has 0 bridgehead atoms. The zero-order valence-electron chi connectivity index (χ0n) is 14.6. The van der Waals surface area contributed by atoms with Gasteiger partial charge in [-0.2, -0.15) is 0 Å². The van der Waals surface area contributed by atoms with E-state index in [1.165, 1.54) is 16.1 Å². The number of carbonyl (C=O) groups excluding carboxylic acids is 3. The Bertz CT molecular complexity index is 837. The van der Waals surface area contributed by atoms with Crippen LogP contribution in [0.5, 0.6) is 0 Å². The largest absolute Gasteiger partial charge is 0.467 e. The molecule has 1 aliphatic carbocycles. The summed E-state index contributed by atoms with van der Waals surface area (Å²) in [6, 6.07) is 9.97. The zero-order valence-corrected chi connectivity index (χ0v) is 14.6. The molecule has 0 spiro atoms. The molecule has 6 nitrogen and oxygen atoms in total. The van der Waals surface area contributed by atoms with E-state index in [4.69, 9.17) is 4.42 Å². The van der Waals surface area contributed by atoms with Crippen molar-refractivity contribution in [2.75, 3.05) is 4.90 Å². The normalized spacial score (nSPS) is 19.9. The maximum Gasteiger partial charge on any atom is 0.257 e. The monoisotopic (exact) mass is 352 g/mol. The number of hydrogen-bond acceptors (Lipinski definition) is 4. The van der Waals surface area contributed by atoms with Crippen molar-refractivity contribution in [1.82, 2.24) is 4.90 Å². The van der Waals surface area contributed by atoms with Gasteiger partial charge in [-0.1, -0.05) is 17.7 Å². The van der Waals surface area contributed by atoms with Crippen LogP contribution < -0.4 is 4.90 Å².